The number of hydrogen-bond donors (Lipinski definition) is 3. The van der Waals surface area contributed by atoms with E-state index >= 15 is 0 Å². The first-order chi connectivity index (χ1) is 15.9. The number of aromatic nitrogens is 1. The molecule has 8 heteroatoms. The van der Waals surface area contributed by atoms with Crippen LogP contribution in [0.3, 0.4) is 0 Å². The predicted octanol–water partition coefficient (Wildman–Crippen LogP) is 2.57. The molecule has 0 spiro atoms. The summed E-state index contributed by atoms with van der Waals surface area (Å²) >= 11 is 0. The summed E-state index contributed by atoms with van der Waals surface area (Å²) in [5.74, 6) is -1.05. The molecule has 2 amide bonds. The van der Waals surface area contributed by atoms with Crippen molar-refractivity contribution in [1.82, 2.24) is 15.2 Å². The monoisotopic (exact) mass is 450 g/mol. The molecule has 2 atom stereocenters. The van der Waals surface area contributed by atoms with Gasteiger partial charge in [-0.1, -0.05) is 18.6 Å². The number of pyridine rings is 1. The molecule has 174 valence electrons. The summed E-state index contributed by atoms with van der Waals surface area (Å²) in [5, 5.41) is 12.0. The fourth-order valence-corrected chi connectivity index (χ4v) is 3.99. The molecule has 1 fully saturated rings. The Labute approximate surface area is 193 Å². The zero-order chi connectivity index (χ0) is 23.6. The molecule has 8 nitrogen and oxygen atoms in total. The number of nitrogens with zero attached hydrogens (tertiary/aromatic N) is 2. The number of nitrogens with two attached hydrogens (primary N) is 1. The molecule has 0 bridgehead atoms. The lowest BCUT2D eigenvalue weighted by atomic mass is 9.87. The van der Waals surface area contributed by atoms with Crippen LogP contribution in [-0.4, -0.2) is 58.5 Å². The van der Waals surface area contributed by atoms with Crippen molar-refractivity contribution < 1.29 is 19.5 Å². The van der Waals surface area contributed by atoms with Crippen LogP contribution in [0.25, 0.3) is 6.08 Å². The average Bonchev–Trinajstić information content (AvgIpc) is 2.83. The number of nitrogens with one attached hydrogen (secondary N) is 1. The Balaban J connectivity index is 1.36. The fraction of sp³-hybridized carbons (Fsp3) is 0.360. The summed E-state index contributed by atoms with van der Waals surface area (Å²) in [6, 6.07) is 9.66. The van der Waals surface area contributed by atoms with E-state index in [-0.39, 0.29) is 23.4 Å². The number of carbonyl (C=O) groups excluding carboxylic acids is 2. The fourth-order valence-electron chi connectivity index (χ4n) is 3.99. The zero-order valence-electron chi connectivity index (χ0n) is 18.5. The van der Waals surface area contributed by atoms with Gasteiger partial charge in [-0.05, 0) is 61.1 Å². The number of hydrogen-bond acceptors (Lipinski definition) is 5. The molecule has 1 aliphatic heterocycles. The molecule has 1 aliphatic rings. The van der Waals surface area contributed by atoms with Gasteiger partial charge < -0.3 is 21.1 Å². The van der Waals surface area contributed by atoms with Crippen LogP contribution in [0.4, 0.5) is 0 Å². The Morgan fingerprint density at radius 1 is 1.18 bits per heavy atom. The van der Waals surface area contributed by atoms with Gasteiger partial charge in [-0.25, -0.2) is 4.79 Å². The summed E-state index contributed by atoms with van der Waals surface area (Å²) in [7, 11) is 0. The van der Waals surface area contributed by atoms with E-state index in [1.807, 2.05) is 12.1 Å². The van der Waals surface area contributed by atoms with Gasteiger partial charge in [0, 0.05) is 49.7 Å². The maximum absolute atomic E-state index is 12.8. The van der Waals surface area contributed by atoms with Gasteiger partial charge >= 0.3 is 5.97 Å². The van der Waals surface area contributed by atoms with Crippen molar-refractivity contribution in [2.24, 2.45) is 11.7 Å². The van der Waals surface area contributed by atoms with E-state index < -0.39 is 5.97 Å². The van der Waals surface area contributed by atoms with Crippen molar-refractivity contribution in [2.75, 3.05) is 19.6 Å². The highest BCUT2D eigenvalue weighted by Gasteiger charge is 2.29. The number of aromatic carboxylic acids is 1. The summed E-state index contributed by atoms with van der Waals surface area (Å²) in [4.78, 5) is 41.5. The number of carbonyl (C=O) groups is 3. The Morgan fingerprint density at radius 2 is 2.00 bits per heavy atom. The molecule has 0 radical (unpaired) electrons. The van der Waals surface area contributed by atoms with Crippen molar-refractivity contribution in [3.8, 4) is 0 Å². The Morgan fingerprint density at radius 3 is 2.73 bits per heavy atom. The number of carboxylic acid groups (broad SMARTS) is 1. The second kappa shape index (κ2) is 11.9. The largest absolute Gasteiger partial charge is 0.478 e. The minimum atomic E-state index is -1.05. The number of likely N-dealkylation sites (tertiary alicyclic amines) is 1. The average molecular weight is 451 g/mol. The number of unbranched alkanes of at least 4 members (excludes halogenated alkanes) is 1. The molecule has 2 aromatic rings. The van der Waals surface area contributed by atoms with Crippen LogP contribution < -0.4 is 11.1 Å². The first kappa shape index (κ1) is 24.1. The van der Waals surface area contributed by atoms with Gasteiger partial charge in [0.05, 0.1) is 5.56 Å². The van der Waals surface area contributed by atoms with Crippen molar-refractivity contribution in [2.45, 2.75) is 31.7 Å². The van der Waals surface area contributed by atoms with E-state index in [1.54, 1.807) is 35.5 Å². The van der Waals surface area contributed by atoms with Crippen LogP contribution in [-0.2, 0) is 4.79 Å². The van der Waals surface area contributed by atoms with Crippen LogP contribution in [0.15, 0.2) is 54.9 Å². The van der Waals surface area contributed by atoms with E-state index in [2.05, 4.69) is 10.3 Å². The summed E-state index contributed by atoms with van der Waals surface area (Å²) in [6.07, 6.45) is 10.2. The van der Waals surface area contributed by atoms with Gasteiger partial charge in [0.15, 0.2) is 0 Å². The van der Waals surface area contributed by atoms with Crippen molar-refractivity contribution >= 4 is 23.9 Å². The normalized spacial score (nSPS) is 18.3. The Bertz CT molecular complexity index is 993. The third-order valence-corrected chi connectivity index (χ3v) is 5.86. The Kier molecular flexibility index (Phi) is 8.71. The van der Waals surface area contributed by atoms with Gasteiger partial charge in [-0.15, -0.1) is 0 Å². The highest BCUT2D eigenvalue weighted by atomic mass is 16.4. The SMILES string of the molecule is NC1CN(C(=O)c2cccc(C(=O)O)c2)CCC1CCCCNC(=O)/C=C/c1cccnc1. The van der Waals surface area contributed by atoms with Gasteiger partial charge in [0.25, 0.3) is 5.91 Å². The smallest absolute Gasteiger partial charge is 0.335 e. The number of benzene rings is 1. The van der Waals surface area contributed by atoms with Crippen LogP contribution in [0.2, 0.25) is 0 Å². The topological polar surface area (TPSA) is 126 Å². The molecule has 1 aromatic heterocycles. The summed E-state index contributed by atoms with van der Waals surface area (Å²) in [5.41, 5.74) is 7.69. The van der Waals surface area contributed by atoms with Crippen LogP contribution >= 0.6 is 0 Å². The van der Waals surface area contributed by atoms with E-state index in [0.29, 0.717) is 31.1 Å². The second-order valence-electron chi connectivity index (χ2n) is 8.26. The van der Waals surface area contributed by atoms with Gasteiger partial charge in [0.2, 0.25) is 5.91 Å². The number of rotatable bonds is 9. The van der Waals surface area contributed by atoms with Gasteiger partial charge in [-0.2, -0.15) is 0 Å². The highest BCUT2D eigenvalue weighted by molar-refractivity contribution is 5.97. The molecule has 0 aliphatic carbocycles. The van der Waals surface area contributed by atoms with Crippen molar-refractivity contribution in [3.63, 3.8) is 0 Å². The molecule has 4 N–H and O–H groups in total. The van der Waals surface area contributed by atoms with Crippen molar-refractivity contribution in [3.05, 3.63) is 71.6 Å². The lowest BCUT2D eigenvalue weighted by Gasteiger charge is -2.37. The first-order valence-electron chi connectivity index (χ1n) is 11.2. The van der Waals surface area contributed by atoms with E-state index in [9.17, 15) is 14.4 Å². The van der Waals surface area contributed by atoms with Crippen molar-refractivity contribution in [1.29, 1.82) is 0 Å². The molecular formula is C25H30N4O4. The third-order valence-electron chi connectivity index (χ3n) is 5.86. The molecule has 33 heavy (non-hydrogen) atoms. The predicted molar refractivity (Wildman–Crippen MR) is 126 cm³/mol. The minimum absolute atomic E-state index is 0.0969. The number of piperidine rings is 1. The number of carboxylic acids is 1. The lowest BCUT2D eigenvalue weighted by molar-refractivity contribution is -0.116. The van der Waals surface area contributed by atoms with Gasteiger partial charge in [0.1, 0.15) is 0 Å². The first-order valence-corrected chi connectivity index (χ1v) is 11.2. The molecule has 2 heterocycles. The van der Waals surface area contributed by atoms with Crippen LogP contribution in [0.1, 0.15) is 52.0 Å². The molecular weight excluding hydrogens is 420 g/mol. The molecule has 1 aromatic carbocycles. The molecule has 1 saturated heterocycles. The van der Waals surface area contributed by atoms with Crippen LogP contribution in [0.5, 0.6) is 0 Å². The van der Waals surface area contributed by atoms with Crippen LogP contribution in [0, 0.1) is 5.92 Å². The maximum atomic E-state index is 12.8. The molecule has 2 unspecified atom stereocenters. The second-order valence-corrected chi connectivity index (χ2v) is 8.26. The minimum Gasteiger partial charge on any atom is -0.478 e. The standard InChI is InChI=1S/C25H30N4O4/c26-22-17-29(24(31)20-7-3-8-21(15-20)25(32)33)14-11-19(22)6-1-2-13-28-23(30)10-9-18-5-4-12-27-16-18/h3-5,7-10,12,15-16,19,22H,1-2,6,11,13-14,17,26H2,(H,28,30)(H,32,33)/b10-9+. The zero-order valence-corrected chi connectivity index (χ0v) is 18.5. The lowest BCUT2D eigenvalue weighted by Crippen LogP contribution is -2.50. The summed E-state index contributed by atoms with van der Waals surface area (Å²) < 4.78 is 0. The van der Waals surface area contributed by atoms with E-state index in [1.165, 1.54) is 18.2 Å². The Hall–Kier alpha value is -3.52. The highest BCUT2D eigenvalue weighted by Crippen LogP contribution is 2.23. The summed E-state index contributed by atoms with van der Waals surface area (Å²) in [6.45, 7) is 1.66. The third kappa shape index (κ3) is 7.25. The quantitative estimate of drug-likeness (QED) is 0.398. The maximum Gasteiger partial charge on any atom is 0.335 e. The van der Waals surface area contributed by atoms with E-state index in [4.69, 9.17) is 10.8 Å². The van der Waals surface area contributed by atoms with E-state index in [0.717, 1.165) is 31.2 Å². The van der Waals surface area contributed by atoms with Gasteiger partial charge in [-0.3, -0.25) is 14.6 Å². The molecule has 3 rings (SSSR count). The molecule has 0 saturated carbocycles. The number of amides is 2.